The first-order valence-electron chi connectivity index (χ1n) is 7.56. The second-order valence-electron chi connectivity index (χ2n) is 5.57. The Bertz CT molecular complexity index is 677. The highest BCUT2D eigenvalue weighted by Crippen LogP contribution is 2.28. The Hall–Kier alpha value is -1.65. The number of hydrogen-bond donors (Lipinski definition) is 0. The zero-order valence-corrected chi connectivity index (χ0v) is 12.8. The molecule has 21 heavy (non-hydrogen) atoms. The van der Waals surface area contributed by atoms with Gasteiger partial charge in [-0.2, -0.15) is 0 Å². The maximum Gasteiger partial charge on any atom is 0.119 e. The SMILES string of the molecule is ClCCC#Cc1ccc2cc(OCC3CCC3)ccc2c1. The Balaban J connectivity index is 1.73. The number of ether oxygens (including phenoxy) is 1. The lowest BCUT2D eigenvalue weighted by Gasteiger charge is -2.25. The molecular formula is C19H19ClO. The van der Waals surface area contributed by atoms with Crippen molar-refractivity contribution in [1.29, 1.82) is 0 Å². The third-order valence-electron chi connectivity index (χ3n) is 3.97. The standard InChI is InChI=1S/C19H19ClO/c20-11-2-1-4-15-7-8-18-13-19(10-9-17(18)12-15)21-14-16-5-3-6-16/h7-10,12-13,16H,2-3,5-6,11,14H2. The number of fused-ring (bicyclic) bond motifs is 1. The van der Waals surface area contributed by atoms with E-state index in [-0.39, 0.29) is 0 Å². The summed E-state index contributed by atoms with van der Waals surface area (Å²) in [5, 5.41) is 2.40. The molecule has 1 aliphatic carbocycles. The van der Waals surface area contributed by atoms with Crippen LogP contribution in [0.1, 0.15) is 31.2 Å². The molecule has 1 saturated carbocycles. The normalized spacial score (nSPS) is 14.3. The van der Waals surface area contributed by atoms with Crippen molar-refractivity contribution in [1.82, 2.24) is 0 Å². The quantitative estimate of drug-likeness (QED) is 0.570. The van der Waals surface area contributed by atoms with Gasteiger partial charge in [-0.15, -0.1) is 11.6 Å². The maximum atomic E-state index is 5.89. The molecule has 2 aromatic rings. The zero-order valence-electron chi connectivity index (χ0n) is 12.1. The van der Waals surface area contributed by atoms with Crippen LogP contribution in [0.5, 0.6) is 5.75 Å². The molecule has 108 valence electrons. The molecule has 0 radical (unpaired) electrons. The van der Waals surface area contributed by atoms with Gasteiger partial charge in [-0.1, -0.05) is 30.4 Å². The first-order valence-corrected chi connectivity index (χ1v) is 8.10. The van der Waals surface area contributed by atoms with Gasteiger partial charge in [-0.05, 0) is 53.8 Å². The molecule has 0 atom stereocenters. The predicted octanol–water partition coefficient (Wildman–Crippen LogP) is 5.00. The van der Waals surface area contributed by atoms with Gasteiger partial charge in [0.2, 0.25) is 0 Å². The molecular weight excluding hydrogens is 280 g/mol. The van der Waals surface area contributed by atoms with Crippen LogP contribution in [0.15, 0.2) is 36.4 Å². The van der Waals surface area contributed by atoms with E-state index in [1.807, 2.05) is 0 Å². The Labute approximate surface area is 131 Å². The molecule has 0 amide bonds. The molecule has 3 rings (SSSR count). The Kier molecular flexibility index (Phi) is 4.68. The van der Waals surface area contributed by atoms with E-state index in [4.69, 9.17) is 16.3 Å². The van der Waals surface area contributed by atoms with Gasteiger partial charge in [0, 0.05) is 17.9 Å². The topological polar surface area (TPSA) is 9.23 Å². The van der Waals surface area contributed by atoms with Crippen LogP contribution in [-0.4, -0.2) is 12.5 Å². The Morgan fingerprint density at radius 3 is 2.67 bits per heavy atom. The van der Waals surface area contributed by atoms with E-state index in [0.29, 0.717) is 5.88 Å². The average molecular weight is 299 g/mol. The summed E-state index contributed by atoms with van der Waals surface area (Å²) < 4.78 is 5.89. The Morgan fingerprint density at radius 2 is 1.90 bits per heavy atom. The fourth-order valence-electron chi connectivity index (χ4n) is 2.48. The highest BCUT2D eigenvalue weighted by molar-refractivity contribution is 6.18. The lowest BCUT2D eigenvalue weighted by Crippen LogP contribution is -2.19. The number of halogens is 1. The number of alkyl halides is 1. The summed E-state index contributed by atoms with van der Waals surface area (Å²) >= 11 is 5.63. The van der Waals surface area contributed by atoms with Crippen LogP contribution in [0, 0.1) is 17.8 Å². The molecule has 0 unspecified atom stereocenters. The first kappa shape index (κ1) is 14.3. The van der Waals surface area contributed by atoms with Crippen LogP contribution in [0.3, 0.4) is 0 Å². The summed E-state index contributed by atoms with van der Waals surface area (Å²) in [6.07, 6.45) is 4.72. The molecule has 0 saturated heterocycles. The highest BCUT2D eigenvalue weighted by Gasteiger charge is 2.17. The van der Waals surface area contributed by atoms with Crippen LogP contribution in [0.25, 0.3) is 10.8 Å². The van der Waals surface area contributed by atoms with E-state index in [9.17, 15) is 0 Å². The molecule has 0 aliphatic heterocycles. The van der Waals surface area contributed by atoms with Crippen molar-refractivity contribution in [3.63, 3.8) is 0 Å². The van der Waals surface area contributed by atoms with E-state index in [0.717, 1.165) is 30.3 Å². The first-order chi connectivity index (χ1) is 10.3. The molecule has 2 heteroatoms. The lowest BCUT2D eigenvalue weighted by molar-refractivity contribution is 0.181. The van der Waals surface area contributed by atoms with Crippen LogP contribution in [0.2, 0.25) is 0 Å². The van der Waals surface area contributed by atoms with Gasteiger partial charge in [0.1, 0.15) is 5.75 Å². The average Bonchev–Trinajstić information content (AvgIpc) is 2.46. The minimum absolute atomic E-state index is 0.586. The van der Waals surface area contributed by atoms with Crippen LogP contribution < -0.4 is 4.74 Å². The predicted molar refractivity (Wildman–Crippen MR) is 89.0 cm³/mol. The van der Waals surface area contributed by atoms with Crippen molar-refractivity contribution in [2.24, 2.45) is 5.92 Å². The van der Waals surface area contributed by atoms with Crippen molar-refractivity contribution in [3.05, 3.63) is 42.0 Å². The molecule has 0 heterocycles. The van der Waals surface area contributed by atoms with Crippen LogP contribution in [-0.2, 0) is 0 Å². The largest absolute Gasteiger partial charge is 0.493 e. The van der Waals surface area contributed by atoms with Crippen molar-refractivity contribution >= 4 is 22.4 Å². The molecule has 1 fully saturated rings. The third kappa shape index (κ3) is 3.71. The van der Waals surface area contributed by atoms with E-state index >= 15 is 0 Å². The molecule has 1 nitrogen and oxygen atoms in total. The van der Waals surface area contributed by atoms with Gasteiger partial charge in [0.15, 0.2) is 0 Å². The van der Waals surface area contributed by atoms with E-state index < -0.39 is 0 Å². The third-order valence-corrected chi connectivity index (χ3v) is 4.16. The smallest absolute Gasteiger partial charge is 0.119 e. The zero-order chi connectivity index (χ0) is 14.5. The molecule has 0 spiro atoms. The number of rotatable bonds is 4. The maximum absolute atomic E-state index is 5.89. The summed E-state index contributed by atoms with van der Waals surface area (Å²) in [7, 11) is 0. The molecule has 0 bridgehead atoms. The molecule has 0 aromatic heterocycles. The van der Waals surface area contributed by atoms with Crippen LogP contribution >= 0.6 is 11.6 Å². The number of hydrogen-bond acceptors (Lipinski definition) is 1. The minimum Gasteiger partial charge on any atom is -0.493 e. The van der Waals surface area contributed by atoms with Gasteiger partial charge in [-0.3, -0.25) is 0 Å². The summed E-state index contributed by atoms with van der Waals surface area (Å²) in [5.41, 5.74) is 1.04. The second kappa shape index (κ2) is 6.87. The molecule has 1 aliphatic rings. The highest BCUT2D eigenvalue weighted by atomic mass is 35.5. The van der Waals surface area contributed by atoms with Crippen molar-refractivity contribution in [2.75, 3.05) is 12.5 Å². The fourth-order valence-corrected chi connectivity index (χ4v) is 2.57. The van der Waals surface area contributed by atoms with E-state index in [1.165, 1.54) is 30.0 Å². The van der Waals surface area contributed by atoms with Gasteiger partial charge < -0.3 is 4.74 Å². The van der Waals surface area contributed by atoms with Crippen LogP contribution in [0.4, 0.5) is 0 Å². The minimum atomic E-state index is 0.586. The Morgan fingerprint density at radius 1 is 1.10 bits per heavy atom. The summed E-state index contributed by atoms with van der Waals surface area (Å²) in [4.78, 5) is 0. The number of benzene rings is 2. The van der Waals surface area contributed by atoms with Crippen molar-refractivity contribution < 1.29 is 4.74 Å². The lowest BCUT2D eigenvalue weighted by atomic mass is 9.86. The summed E-state index contributed by atoms with van der Waals surface area (Å²) in [6, 6.07) is 12.6. The van der Waals surface area contributed by atoms with E-state index in [2.05, 4.69) is 48.2 Å². The van der Waals surface area contributed by atoms with Gasteiger partial charge in [0.25, 0.3) is 0 Å². The van der Waals surface area contributed by atoms with Crippen molar-refractivity contribution in [2.45, 2.75) is 25.7 Å². The summed E-state index contributed by atoms with van der Waals surface area (Å²) in [6.45, 7) is 0.855. The fraction of sp³-hybridized carbons (Fsp3) is 0.368. The second-order valence-corrected chi connectivity index (χ2v) is 5.95. The van der Waals surface area contributed by atoms with E-state index in [1.54, 1.807) is 0 Å². The summed E-state index contributed by atoms with van der Waals surface area (Å²) in [5.74, 6) is 8.53. The molecule has 2 aromatic carbocycles. The van der Waals surface area contributed by atoms with Gasteiger partial charge >= 0.3 is 0 Å². The van der Waals surface area contributed by atoms with Gasteiger partial charge in [-0.25, -0.2) is 0 Å². The van der Waals surface area contributed by atoms with Crippen molar-refractivity contribution in [3.8, 4) is 17.6 Å². The van der Waals surface area contributed by atoms with Gasteiger partial charge in [0.05, 0.1) is 6.61 Å². The monoisotopic (exact) mass is 298 g/mol. The molecule has 0 N–H and O–H groups in total.